The molecule has 5 atom stereocenters. The molecular weight excluding hydrogens is 1960 g/mol. The van der Waals surface area contributed by atoms with E-state index >= 15 is 14.4 Å². The smallest absolute Gasteiger partial charge is 0.343 e. The first-order valence-corrected chi connectivity index (χ1v) is 41.1. The number of hydrogen-bond donors (Lipinski definition) is 26. The van der Waals surface area contributed by atoms with E-state index in [0.717, 1.165) is 46.5 Å². The van der Waals surface area contributed by atoms with Gasteiger partial charge in [-0.05, 0) is 157 Å². The van der Waals surface area contributed by atoms with Gasteiger partial charge in [-0.25, -0.2) is 47.9 Å². The van der Waals surface area contributed by atoms with Crippen molar-refractivity contribution in [1.82, 2.24) is 0 Å². The highest BCUT2D eigenvalue weighted by Crippen LogP contribution is 2.50. The number of phenols is 26. The number of benzene rings is 12. The molecule has 0 aliphatic carbocycles. The van der Waals surface area contributed by atoms with E-state index in [1.54, 1.807) is 13.2 Å². The highest BCUT2D eigenvalue weighted by Gasteiger charge is 2.56. The predicted molar refractivity (Wildman–Crippen MR) is 470 cm³/mol. The molecule has 26 N–H and O–H groups in total. The molecule has 16 rings (SSSR count). The molecule has 1 fully saturated rings. The fourth-order valence-corrected chi connectivity index (χ4v) is 14.4. The van der Waals surface area contributed by atoms with Gasteiger partial charge in [0.1, 0.15) is 12.7 Å². The first-order valence-electron chi connectivity index (χ1n) is 41.1. The fraction of sp³-hybridized carbons (Fsp3) is 0.105. The largest absolute Gasteiger partial charge is 0.504 e. The van der Waals surface area contributed by atoms with Crippen molar-refractivity contribution in [3.63, 3.8) is 0 Å². The molecule has 3 aliphatic rings. The molecule has 12 aromatic carbocycles. The average Bonchev–Trinajstić information content (AvgIpc) is 1.21. The first kappa shape index (κ1) is 99.4. The van der Waals surface area contributed by atoms with Crippen LogP contribution in [-0.2, 0) is 41.4 Å². The van der Waals surface area contributed by atoms with E-state index < -0.39 is 325 Å². The Morgan fingerprint density at radius 3 is 0.897 bits per heavy atom. The summed E-state index contributed by atoms with van der Waals surface area (Å²) in [5.74, 6) is -53.7. The minimum Gasteiger partial charge on any atom is -0.504 e. The van der Waals surface area contributed by atoms with Gasteiger partial charge in [-0.1, -0.05) is 0 Å². The topological polar surface area (TPSA) is 830 Å². The van der Waals surface area contributed by atoms with E-state index in [1.807, 2.05) is 12.3 Å². The Morgan fingerprint density at radius 1 is 0.295 bits per heavy atom. The molecule has 0 saturated carbocycles. The number of nitrogens with zero attached hydrogens (tertiary/aromatic N) is 1. The first-order chi connectivity index (χ1) is 69.1. The Kier molecular flexibility index (Phi) is 26.8. The summed E-state index contributed by atoms with van der Waals surface area (Å²) in [6, 6.07) is 18.6. The summed E-state index contributed by atoms with van der Waals surface area (Å²) < 4.78 is 78.8. The maximum Gasteiger partial charge on any atom is 0.343 e. The molecule has 0 radical (unpaired) electrons. The van der Waals surface area contributed by atoms with Gasteiger partial charge in [0.15, 0.2) is 192 Å². The minimum atomic E-state index is -3.12. The summed E-state index contributed by atoms with van der Waals surface area (Å²) in [6.07, 6.45) is -12.1. The lowest BCUT2D eigenvalue weighted by atomic mass is 9.95. The van der Waals surface area contributed by atoms with E-state index in [4.69, 9.17) is 66.3 Å². The van der Waals surface area contributed by atoms with Crippen LogP contribution in [0.15, 0.2) is 158 Å². The van der Waals surface area contributed by atoms with Gasteiger partial charge >= 0.3 is 59.7 Å². The van der Waals surface area contributed by atoms with Crippen molar-refractivity contribution in [3.8, 4) is 207 Å². The molecule has 13 aromatic rings. The number of esters is 10. The second-order valence-corrected chi connectivity index (χ2v) is 31.2. The van der Waals surface area contributed by atoms with E-state index in [9.17, 15) is 166 Å². The zero-order valence-corrected chi connectivity index (χ0v) is 73.1. The zero-order chi connectivity index (χ0) is 106. The van der Waals surface area contributed by atoms with Crippen molar-refractivity contribution in [2.24, 2.45) is 0 Å². The lowest BCUT2D eigenvalue weighted by Crippen LogP contribution is -2.63. The summed E-state index contributed by atoms with van der Waals surface area (Å²) in [4.78, 5) is 142. The third-order valence-electron chi connectivity index (χ3n) is 21.7. The van der Waals surface area contributed by atoms with Crippen LogP contribution in [0.2, 0.25) is 0 Å². The molecule has 3 aliphatic heterocycles. The van der Waals surface area contributed by atoms with Crippen molar-refractivity contribution in [2.45, 2.75) is 43.7 Å². The van der Waals surface area contributed by atoms with Crippen LogP contribution in [0.25, 0.3) is 22.0 Å². The Bertz CT molecular complexity index is 7580. The van der Waals surface area contributed by atoms with Gasteiger partial charge in [-0.3, -0.25) is 0 Å². The number of carbonyl (C=O) groups is 10. The lowest BCUT2D eigenvalue weighted by molar-refractivity contribution is -0.686. The van der Waals surface area contributed by atoms with Crippen LogP contribution in [-0.4, -0.2) is 244 Å². The van der Waals surface area contributed by atoms with Gasteiger partial charge in [0, 0.05) is 12.5 Å². The number of fused-ring (bicyclic) bond motifs is 5. The number of aromatic nitrogens is 1. The third-order valence-corrected chi connectivity index (χ3v) is 21.7. The summed E-state index contributed by atoms with van der Waals surface area (Å²) in [6.45, 7) is -0.571. The molecular formula is C95H68NO50+. The molecule has 51 nitrogen and oxygen atoms in total. The standard InChI is InChI=1S/C76H52O46.C19H15NO4/c77-32-1-22(2-33(78)53(32)92)67(103)113-47-16-27(11-42(87)58(47)97)66(102)112-21-52-63(119-72(108)28-12-43(88)59(98)48(17-28)114-68(104)23-3-34(79)54(93)35(80)4-23)64(120-73(109)29-13-44(89)60(99)49(18-29)115-69(105)24-5-36(81)55(94)37(82)6-24)65(121-74(110)30-14-45(90)61(100)50(19-30)116-70(106)25-7-38(83)56(95)39(84)8-25)76(118-52)122-75(111)31-15-46(91)62(101)51(20-31)117-71(107)26-9-40(85)57(96)41(86)10-26;1-22-16-3-2-11-6-15-13-8-18-17(23-10-24-18)7-12(13)4-5-20(15)9-14(11)19(16)21/h1-20,52,63-65,76-101H,21H2;2-3,6-9H,4-5,10H2,1H3/p+1/t52-,63-,64+,65-,76+;/m1./s1. The number of carbonyl (C=O) groups excluding carboxylic acids is 10. The highest BCUT2D eigenvalue weighted by molar-refractivity contribution is 6.01. The molecule has 4 heterocycles. The number of rotatable bonds is 22. The van der Waals surface area contributed by atoms with Crippen LogP contribution >= 0.6 is 0 Å². The zero-order valence-electron chi connectivity index (χ0n) is 73.1. The maximum atomic E-state index is 15.3. The SMILES string of the molecule is COc1ccc2cc3[n+](cc2c1O)CCc1cc2c(cc1-3)OCO2.O=C(OC[C@H]1O[C@@H](OC(=O)c2cc(O)c(O)c(OC(=O)c3cc(O)c(O)c(O)c3)c2)[C@H](OC(=O)c2cc(O)c(O)c(OC(=O)c3cc(O)c(O)c(O)c3)c2)[C@@H](OC(=O)c2cc(O)c(O)c(OC(=O)c3cc(O)c(O)c(O)c3)c2)[C@@H]1OC(=O)c1cc(O)c(O)c(OC(=O)c2cc(O)c(O)c(O)c2)c1)c1cc(O)c(O)c(OC(=O)c2cc(O)c(O)c(O)c2)c1. The average molecular weight is 2020 g/mol. The summed E-state index contributed by atoms with van der Waals surface area (Å²) in [5.41, 5.74) is -6.36. The van der Waals surface area contributed by atoms with Crippen LogP contribution in [0.5, 0.6) is 195 Å². The van der Waals surface area contributed by atoms with Gasteiger partial charge < -0.3 is 199 Å². The second-order valence-electron chi connectivity index (χ2n) is 31.2. The van der Waals surface area contributed by atoms with Crippen molar-refractivity contribution >= 4 is 70.5 Å². The van der Waals surface area contributed by atoms with E-state index in [1.165, 1.54) is 5.56 Å². The van der Waals surface area contributed by atoms with Gasteiger partial charge in [-0.15, -0.1) is 0 Å². The van der Waals surface area contributed by atoms with Crippen molar-refractivity contribution < 1.29 is 252 Å². The second kappa shape index (κ2) is 39.4. The number of methoxy groups -OCH3 is 1. The van der Waals surface area contributed by atoms with Gasteiger partial charge in [0.25, 0.3) is 0 Å². The van der Waals surface area contributed by atoms with Crippen LogP contribution in [0.4, 0.5) is 0 Å². The number of pyridine rings is 1. The Labute approximate surface area is 808 Å². The Morgan fingerprint density at radius 2 is 0.575 bits per heavy atom. The minimum absolute atomic E-state index is 0.182. The van der Waals surface area contributed by atoms with E-state index in [-0.39, 0.29) is 12.5 Å². The maximum absolute atomic E-state index is 15.3. The molecule has 51 heteroatoms. The number of phenolic OH excluding ortho intramolecular Hbond substituents is 26. The molecule has 0 spiro atoms. The molecule has 1 aromatic heterocycles. The van der Waals surface area contributed by atoms with E-state index in [2.05, 4.69) is 22.8 Å². The molecule has 0 amide bonds. The number of ether oxygens (including phenoxy) is 14. The van der Waals surface area contributed by atoms with Gasteiger partial charge in [-0.2, -0.15) is 4.57 Å². The Hall–Kier alpha value is -21.1. The van der Waals surface area contributed by atoms with Crippen LogP contribution in [0.1, 0.15) is 109 Å². The van der Waals surface area contributed by atoms with Crippen molar-refractivity contribution in [1.29, 1.82) is 0 Å². The van der Waals surface area contributed by atoms with Gasteiger partial charge in [0.05, 0.1) is 73.7 Å². The monoisotopic (exact) mass is 2020 g/mol. The van der Waals surface area contributed by atoms with Crippen LogP contribution < -0.4 is 42.5 Å². The van der Waals surface area contributed by atoms with E-state index in [0.29, 0.717) is 127 Å². The normalized spacial score (nSPS) is 14.6. The molecule has 1 saturated heterocycles. The van der Waals surface area contributed by atoms with Crippen LogP contribution in [0.3, 0.4) is 0 Å². The van der Waals surface area contributed by atoms with Crippen molar-refractivity contribution in [3.05, 3.63) is 219 Å². The highest BCUT2D eigenvalue weighted by atomic mass is 16.8. The number of hydrogen-bond acceptors (Lipinski definition) is 50. The third kappa shape index (κ3) is 20.0. The quantitative estimate of drug-likeness (QED) is 0.0102. The summed E-state index contributed by atoms with van der Waals surface area (Å²) >= 11 is 0. The number of aromatic hydroxyl groups is 26. The molecule has 0 unspecified atom stereocenters. The molecule has 146 heavy (non-hydrogen) atoms. The van der Waals surface area contributed by atoms with Crippen molar-refractivity contribution in [2.75, 3.05) is 20.5 Å². The molecule has 752 valence electrons. The molecule has 0 bridgehead atoms. The summed E-state index contributed by atoms with van der Waals surface area (Å²) in [5, 5.41) is 273. The van der Waals surface area contributed by atoms with Crippen LogP contribution in [0, 0.1) is 0 Å². The Balaban J connectivity index is 0.000000573. The number of aryl methyl sites for hydroxylation is 2. The lowest BCUT2D eigenvalue weighted by Gasteiger charge is -2.43. The predicted octanol–water partition coefficient (Wildman–Crippen LogP) is 7.63. The fourth-order valence-electron chi connectivity index (χ4n) is 14.4. The summed E-state index contributed by atoms with van der Waals surface area (Å²) in [7, 11) is 1.56. The van der Waals surface area contributed by atoms with Gasteiger partial charge in [0.2, 0.25) is 53.6 Å².